The highest BCUT2D eigenvalue weighted by atomic mass is 79.9. The van der Waals surface area contributed by atoms with E-state index < -0.39 is 0 Å². The second-order valence-electron chi connectivity index (χ2n) is 6.28. The first-order chi connectivity index (χ1) is 13.7. The van der Waals surface area contributed by atoms with Crippen molar-refractivity contribution in [3.8, 4) is 5.75 Å². The van der Waals surface area contributed by atoms with E-state index in [-0.39, 0.29) is 0 Å². The standard InChI is InChI=1S/C20H19BrN6O/c1-3-10-28-17-7-5-4-6-13(17)12-22-25-20-23-19-18(24-26-20)15-11-14(21)8-9-16(15)27(19)2/h4-9,11-12H,3,10H2,1-2H3,(H,23,25,26)/b22-12+. The molecule has 0 aliphatic heterocycles. The number of benzene rings is 2. The minimum absolute atomic E-state index is 0.334. The summed E-state index contributed by atoms with van der Waals surface area (Å²) in [6.45, 7) is 2.74. The maximum absolute atomic E-state index is 5.74. The summed E-state index contributed by atoms with van der Waals surface area (Å²) in [5.74, 6) is 1.13. The van der Waals surface area contributed by atoms with E-state index in [1.54, 1.807) is 6.21 Å². The lowest BCUT2D eigenvalue weighted by atomic mass is 10.2. The summed E-state index contributed by atoms with van der Waals surface area (Å²) < 4.78 is 8.72. The molecule has 4 rings (SSSR count). The van der Waals surface area contributed by atoms with Gasteiger partial charge < -0.3 is 9.30 Å². The minimum atomic E-state index is 0.334. The second kappa shape index (κ2) is 7.93. The number of nitrogens with one attached hydrogen (secondary N) is 1. The Morgan fingerprint density at radius 1 is 1.21 bits per heavy atom. The number of hydrogen-bond donors (Lipinski definition) is 1. The molecule has 0 radical (unpaired) electrons. The number of hydrazone groups is 1. The second-order valence-corrected chi connectivity index (χ2v) is 7.20. The third kappa shape index (κ3) is 3.55. The lowest BCUT2D eigenvalue weighted by Gasteiger charge is -2.07. The Morgan fingerprint density at radius 3 is 2.93 bits per heavy atom. The molecule has 2 heterocycles. The molecule has 8 heteroatoms. The van der Waals surface area contributed by atoms with E-state index in [2.05, 4.69) is 48.6 Å². The Hall–Kier alpha value is -3.00. The molecular weight excluding hydrogens is 420 g/mol. The van der Waals surface area contributed by atoms with Crippen molar-refractivity contribution in [2.24, 2.45) is 12.1 Å². The van der Waals surface area contributed by atoms with Gasteiger partial charge in [0.05, 0.1) is 18.3 Å². The van der Waals surface area contributed by atoms with Crippen LogP contribution < -0.4 is 10.2 Å². The third-order valence-corrected chi connectivity index (χ3v) is 4.80. The minimum Gasteiger partial charge on any atom is -0.493 e. The van der Waals surface area contributed by atoms with E-state index in [1.807, 2.05) is 54.1 Å². The largest absolute Gasteiger partial charge is 0.493 e. The first-order valence-electron chi connectivity index (χ1n) is 8.96. The summed E-state index contributed by atoms with van der Waals surface area (Å²) >= 11 is 3.50. The SMILES string of the molecule is CCCOc1ccccc1/C=N/Nc1nnc2c3cc(Br)ccc3n(C)c2n1. The quantitative estimate of drug-likeness (QED) is 0.353. The number of ether oxygens (including phenoxy) is 1. The predicted octanol–water partition coefficient (Wildman–Crippen LogP) is 4.51. The number of fused-ring (bicyclic) bond motifs is 3. The summed E-state index contributed by atoms with van der Waals surface area (Å²) in [5.41, 5.74) is 6.28. The molecule has 0 fully saturated rings. The van der Waals surface area contributed by atoms with Gasteiger partial charge in [-0.15, -0.1) is 10.2 Å². The lowest BCUT2D eigenvalue weighted by Crippen LogP contribution is -2.02. The molecule has 0 unspecified atom stereocenters. The number of nitrogens with zero attached hydrogens (tertiary/aromatic N) is 5. The molecular formula is C20H19BrN6O. The van der Waals surface area contributed by atoms with Gasteiger partial charge in [0.2, 0.25) is 0 Å². The first kappa shape index (κ1) is 18.4. The number of anilines is 1. The Balaban J connectivity index is 1.60. The van der Waals surface area contributed by atoms with Crippen LogP contribution in [0.3, 0.4) is 0 Å². The highest BCUT2D eigenvalue weighted by Crippen LogP contribution is 2.28. The van der Waals surface area contributed by atoms with Crippen molar-refractivity contribution in [2.45, 2.75) is 13.3 Å². The van der Waals surface area contributed by atoms with Gasteiger partial charge in [-0.2, -0.15) is 10.1 Å². The van der Waals surface area contributed by atoms with Crippen LogP contribution in [-0.2, 0) is 7.05 Å². The molecule has 2 aromatic carbocycles. The molecule has 0 spiro atoms. The van der Waals surface area contributed by atoms with Crippen LogP contribution in [-0.4, -0.2) is 32.6 Å². The van der Waals surface area contributed by atoms with Gasteiger partial charge in [-0.1, -0.05) is 35.0 Å². The molecule has 7 nitrogen and oxygen atoms in total. The van der Waals surface area contributed by atoms with Crippen molar-refractivity contribution >= 4 is 50.2 Å². The zero-order valence-electron chi connectivity index (χ0n) is 15.6. The molecule has 2 aromatic heterocycles. The summed E-state index contributed by atoms with van der Waals surface area (Å²) in [6, 6.07) is 13.8. The molecule has 1 N–H and O–H groups in total. The van der Waals surface area contributed by atoms with Crippen LogP contribution in [0.1, 0.15) is 18.9 Å². The van der Waals surface area contributed by atoms with Crippen LogP contribution in [0.4, 0.5) is 5.95 Å². The fraction of sp³-hybridized carbons (Fsp3) is 0.200. The molecule has 4 aromatic rings. The van der Waals surface area contributed by atoms with Crippen LogP contribution in [0.2, 0.25) is 0 Å². The van der Waals surface area contributed by atoms with E-state index in [1.165, 1.54) is 0 Å². The van der Waals surface area contributed by atoms with Gasteiger partial charge in [-0.3, -0.25) is 0 Å². The number of aromatic nitrogens is 4. The van der Waals surface area contributed by atoms with Crippen molar-refractivity contribution in [3.63, 3.8) is 0 Å². The first-order valence-corrected chi connectivity index (χ1v) is 9.76. The van der Waals surface area contributed by atoms with Crippen molar-refractivity contribution in [1.82, 2.24) is 19.7 Å². The highest BCUT2D eigenvalue weighted by molar-refractivity contribution is 9.10. The van der Waals surface area contributed by atoms with Crippen molar-refractivity contribution < 1.29 is 4.74 Å². The predicted molar refractivity (Wildman–Crippen MR) is 115 cm³/mol. The van der Waals surface area contributed by atoms with Crippen LogP contribution in [0, 0.1) is 0 Å². The number of hydrogen-bond acceptors (Lipinski definition) is 6. The van der Waals surface area contributed by atoms with E-state index in [0.29, 0.717) is 12.6 Å². The average Bonchev–Trinajstić information content (AvgIpc) is 2.98. The van der Waals surface area contributed by atoms with Gasteiger partial charge in [-0.05, 0) is 36.8 Å². The van der Waals surface area contributed by atoms with Gasteiger partial charge in [-0.25, -0.2) is 5.43 Å². The monoisotopic (exact) mass is 438 g/mol. The zero-order chi connectivity index (χ0) is 19.5. The van der Waals surface area contributed by atoms with Crippen molar-refractivity contribution in [2.75, 3.05) is 12.0 Å². The van der Waals surface area contributed by atoms with Crippen molar-refractivity contribution in [1.29, 1.82) is 0 Å². The number of para-hydroxylation sites is 1. The molecule has 0 atom stereocenters. The zero-order valence-corrected chi connectivity index (χ0v) is 17.1. The van der Waals surface area contributed by atoms with E-state index in [4.69, 9.17) is 4.74 Å². The Bertz CT molecular complexity index is 1170. The number of halogens is 1. The van der Waals surface area contributed by atoms with E-state index >= 15 is 0 Å². The van der Waals surface area contributed by atoms with Gasteiger partial charge in [0, 0.05) is 22.5 Å². The van der Waals surface area contributed by atoms with E-state index in [9.17, 15) is 0 Å². The Morgan fingerprint density at radius 2 is 2.07 bits per heavy atom. The van der Waals surface area contributed by atoms with Gasteiger partial charge >= 0.3 is 0 Å². The molecule has 0 bridgehead atoms. The Labute approximate surface area is 170 Å². The number of rotatable bonds is 6. The lowest BCUT2D eigenvalue weighted by molar-refractivity contribution is 0.317. The summed E-state index contributed by atoms with van der Waals surface area (Å²) in [6.07, 6.45) is 2.64. The normalized spacial score (nSPS) is 11.5. The molecule has 28 heavy (non-hydrogen) atoms. The van der Waals surface area contributed by atoms with E-state index in [0.717, 1.165) is 44.3 Å². The van der Waals surface area contributed by atoms with Crippen molar-refractivity contribution in [3.05, 3.63) is 52.5 Å². The summed E-state index contributed by atoms with van der Waals surface area (Å²) in [7, 11) is 1.96. The van der Waals surface area contributed by atoms with Crippen LogP contribution >= 0.6 is 15.9 Å². The maximum Gasteiger partial charge on any atom is 0.265 e. The van der Waals surface area contributed by atoms with Crippen LogP contribution in [0.15, 0.2) is 52.0 Å². The third-order valence-electron chi connectivity index (χ3n) is 4.31. The topological polar surface area (TPSA) is 77.2 Å². The Kier molecular flexibility index (Phi) is 5.21. The van der Waals surface area contributed by atoms with Crippen LogP contribution in [0.5, 0.6) is 5.75 Å². The van der Waals surface area contributed by atoms with Crippen LogP contribution in [0.25, 0.3) is 22.1 Å². The molecule has 142 valence electrons. The number of aryl methyl sites for hydroxylation is 1. The fourth-order valence-electron chi connectivity index (χ4n) is 2.97. The molecule has 0 saturated carbocycles. The fourth-order valence-corrected chi connectivity index (χ4v) is 3.33. The summed E-state index contributed by atoms with van der Waals surface area (Å²) in [5, 5.41) is 13.7. The highest BCUT2D eigenvalue weighted by Gasteiger charge is 2.12. The van der Waals surface area contributed by atoms with Gasteiger partial charge in [0.15, 0.2) is 5.65 Å². The average molecular weight is 439 g/mol. The molecule has 0 amide bonds. The molecule has 0 aliphatic rings. The van der Waals surface area contributed by atoms with Gasteiger partial charge in [0.1, 0.15) is 11.3 Å². The summed E-state index contributed by atoms with van der Waals surface area (Å²) in [4.78, 5) is 4.56. The molecule has 0 saturated heterocycles. The molecule has 0 aliphatic carbocycles. The van der Waals surface area contributed by atoms with Gasteiger partial charge in [0.25, 0.3) is 5.95 Å². The maximum atomic E-state index is 5.74. The smallest absolute Gasteiger partial charge is 0.265 e.